The summed E-state index contributed by atoms with van der Waals surface area (Å²) >= 11 is 12.0. The van der Waals surface area contributed by atoms with Gasteiger partial charge in [-0.05, 0) is 91.4 Å². The second kappa shape index (κ2) is 10.3. The fraction of sp³-hybridized carbons (Fsp3) is 0.100. The number of benzene rings is 2. The van der Waals surface area contributed by atoms with E-state index in [1.807, 2.05) is 98.0 Å². The summed E-state index contributed by atoms with van der Waals surface area (Å²) < 4.78 is 8.19. The predicted molar refractivity (Wildman–Crippen MR) is 154 cm³/mol. The molecule has 0 aliphatic carbocycles. The van der Waals surface area contributed by atoms with Gasteiger partial charge in [0.1, 0.15) is 23.4 Å². The van der Waals surface area contributed by atoms with E-state index in [1.165, 1.54) is 0 Å². The van der Waals surface area contributed by atoms with Crippen LogP contribution in [0.3, 0.4) is 0 Å². The van der Waals surface area contributed by atoms with Gasteiger partial charge in [0.25, 0.3) is 0 Å². The van der Waals surface area contributed by atoms with E-state index >= 15 is 0 Å². The molecule has 0 saturated carbocycles. The van der Waals surface area contributed by atoms with Crippen molar-refractivity contribution in [2.45, 2.75) is 19.0 Å². The average molecular weight is 538 g/mol. The molecule has 1 aliphatic heterocycles. The molecule has 6 rings (SSSR count). The van der Waals surface area contributed by atoms with Crippen LogP contribution in [0.25, 0.3) is 5.82 Å². The maximum absolute atomic E-state index is 6.13. The lowest BCUT2D eigenvalue weighted by atomic mass is 10.0. The number of para-hydroxylation sites is 1. The van der Waals surface area contributed by atoms with Crippen molar-refractivity contribution in [3.05, 3.63) is 132 Å². The third kappa shape index (κ3) is 4.62. The average Bonchev–Trinajstić information content (AvgIpc) is 3.56. The lowest BCUT2D eigenvalue weighted by molar-refractivity contribution is 0.479. The van der Waals surface area contributed by atoms with Gasteiger partial charge in [0.15, 0.2) is 5.11 Å². The van der Waals surface area contributed by atoms with Gasteiger partial charge in [0.05, 0.1) is 16.8 Å². The highest BCUT2D eigenvalue weighted by atomic mass is 35.5. The van der Waals surface area contributed by atoms with E-state index in [9.17, 15) is 0 Å². The molecule has 188 valence electrons. The number of hydrogen-bond donors (Lipinski definition) is 1. The Morgan fingerprint density at radius 3 is 2.45 bits per heavy atom. The Bertz CT molecular complexity index is 1570. The van der Waals surface area contributed by atoms with Gasteiger partial charge in [-0.1, -0.05) is 35.9 Å². The zero-order valence-electron chi connectivity index (χ0n) is 20.5. The van der Waals surface area contributed by atoms with Gasteiger partial charge >= 0.3 is 0 Å². The summed E-state index contributed by atoms with van der Waals surface area (Å²) in [6.45, 7) is 2.03. The Hall–Kier alpha value is -4.20. The van der Waals surface area contributed by atoms with Crippen LogP contribution in [0.15, 0.2) is 110 Å². The molecule has 38 heavy (non-hydrogen) atoms. The van der Waals surface area contributed by atoms with E-state index in [2.05, 4.69) is 30.8 Å². The first kappa shape index (κ1) is 24.2. The van der Waals surface area contributed by atoms with E-state index in [-0.39, 0.29) is 12.1 Å². The van der Waals surface area contributed by atoms with Crippen LogP contribution >= 0.6 is 23.8 Å². The standard InChI is InChI=1S/C30H24ClN5OS/c1-20-7-2-3-10-26(20)37-23-14-12-22(13-15-23)36-29(28(34-30(36)38)24-8-4-5-17-32-24)25-9-6-18-35(25)27-16-11-21(31)19-33-27/h2-19,28-29H,1H3,(H,34,38)/t28-,29+/m0/s1. The quantitative estimate of drug-likeness (QED) is 0.231. The largest absolute Gasteiger partial charge is 0.457 e. The smallest absolute Gasteiger partial charge is 0.174 e. The van der Waals surface area contributed by atoms with Crippen LogP contribution in [0.2, 0.25) is 5.02 Å². The van der Waals surface area contributed by atoms with Crippen molar-refractivity contribution in [2.24, 2.45) is 0 Å². The molecule has 0 amide bonds. The van der Waals surface area contributed by atoms with E-state index in [0.29, 0.717) is 10.1 Å². The van der Waals surface area contributed by atoms with E-state index in [0.717, 1.165) is 40.0 Å². The molecule has 2 atom stereocenters. The molecule has 5 aromatic rings. The van der Waals surface area contributed by atoms with Crippen LogP contribution in [-0.4, -0.2) is 19.6 Å². The number of pyridine rings is 2. The molecule has 6 nitrogen and oxygen atoms in total. The van der Waals surface area contributed by atoms with Crippen molar-refractivity contribution in [2.75, 3.05) is 4.90 Å². The maximum atomic E-state index is 6.13. The Morgan fingerprint density at radius 2 is 1.71 bits per heavy atom. The number of aryl methyl sites for hydroxylation is 1. The number of rotatable bonds is 6. The molecule has 1 N–H and O–H groups in total. The van der Waals surface area contributed by atoms with Gasteiger partial charge < -0.3 is 19.5 Å². The number of ether oxygens (including phenoxy) is 1. The van der Waals surface area contributed by atoms with Crippen LogP contribution in [0.5, 0.6) is 11.5 Å². The lowest BCUT2D eigenvalue weighted by Gasteiger charge is -2.29. The minimum atomic E-state index is -0.187. The molecule has 0 spiro atoms. The van der Waals surface area contributed by atoms with Crippen molar-refractivity contribution in [1.82, 2.24) is 19.9 Å². The highest BCUT2D eigenvalue weighted by Gasteiger charge is 2.42. The summed E-state index contributed by atoms with van der Waals surface area (Å²) in [7, 11) is 0. The molecule has 4 heterocycles. The second-order valence-electron chi connectivity index (χ2n) is 9.00. The van der Waals surface area contributed by atoms with Crippen LogP contribution in [0.4, 0.5) is 5.69 Å². The number of anilines is 1. The fourth-order valence-electron chi connectivity index (χ4n) is 4.76. The highest BCUT2D eigenvalue weighted by molar-refractivity contribution is 7.80. The number of thiocarbonyl (C=S) groups is 1. The summed E-state index contributed by atoms with van der Waals surface area (Å²) in [5.41, 5.74) is 3.94. The lowest BCUT2D eigenvalue weighted by Crippen LogP contribution is -2.30. The van der Waals surface area contributed by atoms with Crippen molar-refractivity contribution in [1.29, 1.82) is 0 Å². The first-order chi connectivity index (χ1) is 18.6. The number of nitrogens with zero attached hydrogens (tertiary/aromatic N) is 4. The Kier molecular flexibility index (Phi) is 6.54. The number of nitrogens with one attached hydrogen (secondary N) is 1. The summed E-state index contributed by atoms with van der Waals surface area (Å²) in [6, 6.07) is 29.4. The van der Waals surface area contributed by atoms with E-state index in [4.69, 9.17) is 28.6 Å². The monoisotopic (exact) mass is 537 g/mol. The summed E-state index contributed by atoms with van der Waals surface area (Å²) in [6.07, 6.45) is 5.45. The first-order valence-electron chi connectivity index (χ1n) is 12.2. The number of hydrogen-bond acceptors (Lipinski definition) is 4. The molecule has 2 aromatic carbocycles. The zero-order valence-corrected chi connectivity index (χ0v) is 22.1. The van der Waals surface area contributed by atoms with Crippen molar-refractivity contribution in [3.8, 4) is 17.3 Å². The minimum absolute atomic E-state index is 0.174. The summed E-state index contributed by atoms with van der Waals surface area (Å²) in [4.78, 5) is 11.3. The summed E-state index contributed by atoms with van der Waals surface area (Å²) in [5, 5.41) is 4.73. The topological polar surface area (TPSA) is 55.2 Å². The van der Waals surface area contributed by atoms with E-state index < -0.39 is 0 Å². The molecular weight excluding hydrogens is 514 g/mol. The van der Waals surface area contributed by atoms with Crippen molar-refractivity contribution in [3.63, 3.8) is 0 Å². The van der Waals surface area contributed by atoms with Crippen LogP contribution in [0, 0.1) is 6.92 Å². The van der Waals surface area contributed by atoms with Gasteiger partial charge in [-0.2, -0.15) is 0 Å². The van der Waals surface area contributed by atoms with Gasteiger partial charge in [-0.15, -0.1) is 0 Å². The third-order valence-corrected chi connectivity index (χ3v) is 7.11. The molecule has 0 unspecified atom stereocenters. The van der Waals surface area contributed by atoms with Gasteiger partial charge in [0, 0.05) is 30.0 Å². The van der Waals surface area contributed by atoms with Gasteiger partial charge in [-0.25, -0.2) is 4.98 Å². The number of aromatic nitrogens is 3. The van der Waals surface area contributed by atoms with Crippen LogP contribution in [-0.2, 0) is 0 Å². The van der Waals surface area contributed by atoms with Crippen LogP contribution < -0.4 is 15.0 Å². The normalized spacial score (nSPS) is 16.9. The Morgan fingerprint density at radius 1 is 0.895 bits per heavy atom. The Balaban J connectivity index is 1.40. The van der Waals surface area contributed by atoms with Crippen molar-refractivity contribution >= 4 is 34.6 Å². The molecule has 3 aromatic heterocycles. The van der Waals surface area contributed by atoms with Gasteiger partial charge in [-0.3, -0.25) is 4.98 Å². The zero-order chi connectivity index (χ0) is 26.1. The Labute approximate surface area is 231 Å². The van der Waals surface area contributed by atoms with Gasteiger partial charge in [0.2, 0.25) is 0 Å². The van der Waals surface area contributed by atoms with Crippen LogP contribution in [0.1, 0.15) is 29.0 Å². The molecule has 1 fully saturated rings. The third-order valence-electron chi connectivity index (χ3n) is 6.58. The molecular formula is C30H24ClN5OS. The second-order valence-corrected chi connectivity index (χ2v) is 9.82. The van der Waals surface area contributed by atoms with E-state index in [1.54, 1.807) is 12.4 Å². The van der Waals surface area contributed by atoms with Crippen molar-refractivity contribution < 1.29 is 4.74 Å². The maximum Gasteiger partial charge on any atom is 0.174 e. The minimum Gasteiger partial charge on any atom is -0.457 e. The highest BCUT2D eigenvalue weighted by Crippen LogP contribution is 2.42. The SMILES string of the molecule is Cc1ccccc1Oc1ccc(N2C(=S)N[C@@H](c3ccccn3)[C@H]2c2cccn2-c2ccc(Cl)cn2)cc1. The molecule has 0 bridgehead atoms. The predicted octanol–water partition coefficient (Wildman–Crippen LogP) is 7.20. The number of halogens is 1. The molecule has 0 radical (unpaired) electrons. The first-order valence-corrected chi connectivity index (χ1v) is 13.0. The fourth-order valence-corrected chi connectivity index (χ4v) is 5.22. The molecule has 8 heteroatoms. The molecule has 1 saturated heterocycles. The molecule has 1 aliphatic rings. The summed E-state index contributed by atoms with van der Waals surface area (Å²) in [5.74, 6) is 2.36.